The van der Waals surface area contributed by atoms with E-state index in [1.165, 1.54) is 11.1 Å². The molecular formula is C16H27NO2. The molecule has 0 saturated carbocycles. The number of methoxy groups -OCH3 is 1. The van der Waals surface area contributed by atoms with Gasteiger partial charge in [-0.1, -0.05) is 29.8 Å². The van der Waals surface area contributed by atoms with Gasteiger partial charge in [-0.05, 0) is 44.8 Å². The Labute approximate surface area is 117 Å². The number of ether oxygens (including phenoxy) is 2. The summed E-state index contributed by atoms with van der Waals surface area (Å²) in [5.41, 5.74) is 2.74. The highest BCUT2D eigenvalue weighted by atomic mass is 16.5. The van der Waals surface area contributed by atoms with Crippen LogP contribution in [0.5, 0.6) is 0 Å². The second kappa shape index (κ2) is 9.96. The van der Waals surface area contributed by atoms with Crippen molar-refractivity contribution in [1.29, 1.82) is 0 Å². The molecule has 1 aromatic rings. The van der Waals surface area contributed by atoms with E-state index in [1.807, 2.05) is 7.05 Å². The lowest BCUT2D eigenvalue weighted by Gasteiger charge is -2.17. The van der Waals surface area contributed by atoms with Crippen LogP contribution in [-0.2, 0) is 15.9 Å². The Morgan fingerprint density at radius 3 is 2.74 bits per heavy atom. The molecule has 3 nitrogen and oxygen atoms in total. The largest absolute Gasteiger partial charge is 0.382 e. The van der Waals surface area contributed by atoms with Crippen molar-refractivity contribution >= 4 is 0 Å². The summed E-state index contributed by atoms with van der Waals surface area (Å²) in [4.78, 5) is 0. The van der Waals surface area contributed by atoms with E-state index in [1.54, 1.807) is 7.11 Å². The summed E-state index contributed by atoms with van der Waals surface area (Å²) >= 11 is 0. The summed E-state index contributed by atoms with van der Waals surface area (Å²) in [6.45, 7) is 5.34. The second-order valence-electron chi connectivity index (χ2n) is 5.01. The third-order valence-electron chi connectivity index (χ3n) is 3.20. The Hall–Kier alpha value is -0.900. The zero-order valence-electron chi connectivity index (χ0n) is 12.4. The van der Waals surface area contributed by atoms with Gasteiger partial charge in [0.15, 0.2) is 0 Å². The molecule has 1 atom stereocenters. The van der Waals surface area contributed by atoms with Gasteiger partial charge in [-0.25, -0.2) is 0 Å². The van der Waals surface area contributed by atoms with Gasteiger partial charge >= 0.3 is 0 Å². The number of rotatable bonds is 10. The Morgan fingerprint density at radius 1 is 1.21 bits per heavy atom. The van der Waals surface area contributed by atoms with Crippen molar-refractivity contribution in [3.63, 3.8) is 0 Å². The van der Waals surface area contributed by atoms with E-state index in [0.717, 1.165) is 26.0 Å². The maximum Gasteiger partial charge on any atom is 0.0700 e. The van der Waals surface area contributed by atoms with Crippen LogP contribution in [0, 0.1) is 12.8 Å². The molecule has 1 rings (SSSR count). The molecule has 108 valence electrons. The molecule has 19 heavy (non-hydrogen) atoms. The monoisotopic (exact) mass is 265 g/mol. The van der Waals surface area contributed by atoms with Crippen LogP contribution in [0.15, 0.2) is 24.3 Å². The third-order valence-corrected chi connectivity index (χ3v) is 3.20. The molecule has 0 aliphatic carbocycles. The average molecular weight is 265 g/mol. The Morgan fingerprint density at radius 2 is 2.05 bits per heavy atom. The minimum Gasteiger partial charge on any atom is -0.382 e. The van der Waals surface area contributed by atoms with Crippen LogP contribution in [0.4, 0.5) is 0 Å². The van der Waals surface area contributed by atoms with Crippen molar-refractivity contribution in [2.45, 2.75) is 19.8 Å². The van der Waals surface area contributed by atoms with Crippen molar-refractivity contribution in [1.82, 2.24) is 5.32 Å². The van der Waals surface area contributed by atoms with Crippen LogP contribution in [0.3, 0.4) is 0 Å². The highest BCUT2D eigenvalue weighted by Crippen LogP contribution is 2.13. The maximum atomic E-state index is 5.56. The van der Waals surface area contributed by atoms with Crippen LogP contribution in [0.1, 0.15) is 17.5 Å². The number of nitrogens with one attached hydrogen (secondary N) is 1. The van der Waals surface area contributed by atoms with E-state index in [0.29, 0.717) is 19.1 Å². The van der Waals surface area contributed by atoms with Crippen molar-refractivity contribution in [2.75, 3.05) is 40.5 Å². The van der Waals surface area contributed by atoms with E-state index in [2.05, 4.69) is 36.5 Å². The first-order valence-electron chi connectivity index (χ1n) is 7.03. The fraction of sp³-hybridized carbons (Fsp3) is 0.625. The Bertz CT molecular complexity index is 341. The van der Waals surface area contributed by atoms with Gasteiger partial charge in [-0.3, -0.25) is 0 Å². The van der Waals surface area contributed by atoms with Gasteiger partial charge < -0.3 is 14.8 Å². The van der Waals surface area contributed by atoms with Gasteiger partial charge in [0.1, 0.15) is 0 Å². The van der Waals surface area contributed by atoms with Gasteiger partial charge in [0.05, 0.1) is 13.2 Å². The molecule has 3 heteroatoms. The summed E-state index contributed by atoms with van der Waals surface area (Å²) in [6, 6.07) is 8.76. The number of aryl methyl sites for hydroxylation is 1. The zero-order chi connectivity index (χ0) is 13.9. The van der Waals surface area contributed by atoms with Gasteiger partial charge in [0.2, 0.25) is 0 Å². The molecule has 0 aromatic heterocycles. The number of hydrogen-bond acceptors (Lipinski definition) is 3. The molecule has 1 unspecified atom stereocenters. The Kier molecular flexibility index (Phi) is 8.47. The van der Waals surface area contributed by atoms with Gasteiger partial charge in [0.25, 0.3) is 0 Å². The molecule has 0 heterocycles. The van der Waals surface area contributed by atoms with Gasteiger partial charge in [-0.2, -0.15) is 0 Å². The molecule has 0 fully saturated rings. The molecule has 0 bridgehead atoms. The number of hydrogen-bond donors (Lipinski definition) is 1. The topological polar surface area (TPSA) is 30.5 Å². The quantitative estimate of drug-likeness (QED) is 0.659. The average Bonchev–Trinajstić information content (AvgIpc) is 2.38. The predicted octanol–water partition coefficient (Wildman–Crippen LogP) is 2.43. The molecule has 0 amide bonds. The molecule has 0 radical (unpaired) electrons. The van der Waals surface area contributed by atoms with Crippen molar-refractivity contribution in [3.05, 3.63) is 35.4 Å². The molecular weight excluding hydrogens is 238 g/mol. The maximum absolute atomic E-state index is 5.56. The molecule has 0 aliphatic rings. The van der Waals surface area contributed by atoms with E-state index >= 15 is 0 Å². The van der Waals surface area contributed by atoms with Crippen molar-refractivity contribution in [2.24, 2.45) is 5.92 Å². The molecule has 1 N–H and O–H groups in total. The van der Waals surface area contributed by atoms with Crippen LogP contribution in [0.25, 0.3) is 0 Å². The standard InChI is InChI=1S/C16H27NO2/c1-14-5-4-6-15(11-14)12-16(13-17-2)7-8-19-10-9-18-3/h4-6,11,16-17H,7-10,12-13H2,1-3H3. The first-order valence-corrected chi connectivity index (χ1v) is 7.03. The van der Waals surface area contributed by atoms with Gasteiger partial charge in [-0.15, -0.1) is 0 Å². The molecule has 0 spiro atoms. The second-order valence-corrected chi connectivity index (χ2v) is 5.01. The highest BCUT2D eigenvalue weighted by Gasteiger charge is 2.09. The van der Waals surface area contributed by atoms with Crippen LogP contribution in [0.2, 0.25) is 0 Å². The zero-order valence-corrected chi connectivity index (χ0v) is 12.4. The van der Waals surface area contributed by atoms with E-state index in [-0.39, 0.29) is 0 Å². The summed E-state index contributed by atoms with van der Waals surface area (Å²) in [7, 11) is 3.71. The fourth-order valence-electron chi connectivity index (χ4n) is 2.23. The summed E-state index contributed by atoms with van der Waals surface area (Å²) < 4.78 is 10.5. The molecule has 0 saturated heterocycles. The first kappa shape index (κ1) is 16.2. The third kappa shape index (κ3) is 7.31. The van der Waals surface area contributed by atoms with E-state index in [4.69, 9.17) is 9.47 Å². The van der Waals surface area contributed by atoms with Crippen LogP contribution in [-0.4, -0.2) is 40.5 Å². The fourth-order valence-corrected chi connectivity index (χ4v) is 2.23. The molecule has 1 aromatic carbocycles. The summed E-state index contributed by atoms with van der Waals surface area (Å²) in [5.74, 6) is 0.620. The summed E-state index contributed by atoms with van der Waals surface area (Å²) in [6.07, 6.45) is 2.19. The Balaban J connectivity index is 2.35. The number of benzene rings is 1. The highest BCUT2D eigenvalue weighted by molar-refractivity contribution is 5.22. The van der Waals surface area contributed by atoms with E-state index in [9.17, 15) is 0 Å². The SMILES string of the molecule is CNCC(CCOCCOC)Cc1cccc(C)c1. The van der Waals surface area contributed by atoms with Crippen molar-refractivity contribution < 1.29 is 9.47 Å². The van der Waals surface area contributed by atoms with Crippen LogP contribution < -0.4 is 5.32 Å². The minimum atomic E-state index is 0.620. The van der Waals surface area contributed by atoms with Crippen molar-refractivity contribution in [3.8, 4) is 0 Å². The van der Waals surface area contributed by atoms with Gasteiger partial charge in [0, 0.05) is 13.7 Å². The molecule has 0 aliphatic heterocycles. The lowest BCUT2D eigenvalue weighted by Crippen LogP contribution is -2.22. The van der Waals surface area contributed by atoms with E-state index < -0.39 is 0 Å². The smallest absolute Gasteiger partial charge is 0.0700 e. The summed E-state index contributed by atoms with van der Waals surface area (Å²) in [5, 5.41) is 3.27. The lowest BCUT2D eigenvalue weighted by atomic mass is 9.95. The first-order chi connectivity index (χ1) is 9.26. The van der Waals surface area contributed by atoms with Crippen LogP contribution >= 0.6 is 0 Å². The predicted molar refractivity (Wildman–Crippen MR) is 79.6 cm³/mol. The normalized spacial score (nSPS) is 12.6. The lowest BCUT2D eigenvalue weighted by molar-refractivity contribution is 0.0637. The minimum absolute atomic E-state index is 0.620.